The fourth-order valence-electron chi connectivity index (χ4n) is 4.56. The molecule has 1 saturated heterocycles. The van der Waals surface area contributed by atoms with Gasteiger partial charge in [0.15, 0.2) is 11.9 Å². The van der Waals surface area contributed by atoms with Crippen LogP contribution in [0.3, 0.4) is 0 Å². The zero-order chi connectivity index (χ0) is 23.1. The topological polar surface area (TPSA) is 91.5 Å². The number of fused-ring (bicyclic) bond motifs is 2. The Bertz CT molecular complexity index is 1260. The fourth-order valence-corrected chi connectivity index (χ4v) is 4.56. The summed E-state index contributed by atoms with van der Waals surface area (Å²) < 4.78 is 19.2. The Morgan fingerprint density at radius 1 is 1.15 bits per heavy atom. The molecule has 7 nitrogen and oxygen atoms in total. The second kappa shape index (κ2) is 8.35. The number of aromatic amines is 1. The summed E-state index contributed by atoms with van der Waals surface area (Å²) in [5, 5.41) is 3.49. The molecule has 5 rings (SSSR count). The summed E-state index contributed by atoms with van der Waals surface area (Å²) in [5.74, 6) is -0.238. The smallest absolute Gasteiger partial charge is 0.265 e. The number of carbonyl (C=O) groups is 3. The molecule has 1 atom stereocenters. The number of anilines is 1. The van der Waals surface area contributed by atoms with Crippen LogP contribution in [0.25, 0.3) is 10.9 Å². The molecule has 1 unspecified atom stereocenters. The van der Waals surface area contributed by atoms with Crippen molar-refractivity contribution in [2.75, 3.05) is 18.4 Å². The highest BCUT2D eigenvalue weighted by Gasteiger charge is 2.30. The van der Waals surface area contributed by atoms with Gasteiger partial charge in [0, 0.05) is 41.7 Å². The molecular formula is C25H24FN3O4. The van der Waals surface area contributed by atoms with E-state index in [1.807, 2.05) is 0 Å². The molecular weight excluding hydrogens is 425 g/mol. The number of carbonyl (C=O) groups excluding carboxylic acids is 3. The van der Waals surface area contributed by atoms with Crippen LogP contribution in [0, 0.1) is 11.7 Å². The van der Waals surface area contributed by atoms with Crippen LogP contribution < -0.4 is 10.1 Å². The number of ketones is 1. The van der Waals surface area contributed by atoms with Gasteiger partial charge in [-0.3, -0.25) is 14.4 Å². The van der Waals surface area contributed by atoms with E-state index in [4.69, 9.17) is 4.74 Å². The van der Waals surface area contributed by atoms with Crippen LogP contribution in [0.15, 0.2) is 42.6 Å². The van der Waals surface area contributed by atoms with Gasteiger partial charge in [-0.25, -0.2) is 4.39 Å². The molecule has 2 amide bonds. The fraction of sp³-hybridized carbons (Fsp3) is 0.320. The van der Waals surface area contributed by atoms with E-state index in [1.165, 1.54) is 12.1 Å². The monoisotopic (exact) mass is 449 g/mol. The molecule has 3 aromatic rings. The van der Waals surface area contributed by atoms with E-state index in [2.05, 4.69) is 10.3 Å². The highest BCUT2D eigenvalue weighted by atomic mass is 19.1. The first-order chi connectivity index (χ1) is 15.9. The lowest BCUT2D eigenvalue weighted by atomic mass is 9.88. The Morgan fingerprint density at radius 3 is 2.73 bits per heavy atom. The number of amides is 2. The molecule has 3 heterocycles. The summed E-state index contributed by atoms with van der Waals surface area (Å²) >= 11 is 0. The lowest BCUT2D eigenvalue weighted by Gasteiger charge is -2.31. The van der Waals surface area contributed by atoms with Crippen LogP contribution in [0.4, 0.5) is 10.1 Å². The van der Waals surface area contributed by atoms with Crippen LogP contribution in [-0.4, -0.2) is 46.7 Å². The standard InChI is InChI=1S/C25H24FN3O4/c1-14-25(32)28-21-10-16(2-5-22(21)33-14)24(31)15-6-8-29(9-7-15)23(30)11-17-13-27-20-4-3-18(26)12-19(17)20/h2-5,10,12-15,27H,6-9,11H2,1H3,(H,28,32). The second-order valence-corrected chi connectivity index (χ2v) is 8.66. The van der Waals surface area contributed by atoms with E-state index in [0.717, 1.165) is 11.1 Å². The number of piperidine rings is 1. The summed E-state index contributed by atoms with van der Waals surface area (Å²) in [6, 6.07) is 9.58. The first-order valence-corrected chi connectivity index (χ1v) is 11.1. The summed E-state index contributed by atoms with van der Waals surface area (Å²) in [7, 11) is 0. The van der Waals surface area contributed by atoms with Crippen molar-refractivity contribution >= 4 is 34.2 Å². The Labute approximate surface area is 189 Å². The number of benzene rings is 2. The minimum absolute atomic E-state index is 0.00451. The van der Waals surface area contributed by atoms with Crippen molar-refractivity contribution in [2.45, 2.75) is 32.3 Å². The van der Waals surface area contributed by atoms with Gasteiger partial charge in [0.1, 0.15) is 11.6 Å². The molecule has 33 heavy (non-hydrogen) atoms. The SMILES string of the molecule is CC1Oc2ccc(C(=O)C3CCN(C(=O)Cc4c[nH]c5ccc(F)cc45)CC3)cc2NC1=O. The van der Waals surface area contributed by atoms with Gasteiger partial charge in [0.25, 0.3) is 5.91 Å². The molecule has 0 spiro atoms. The minimum atomic E-state index is -0.566. The summed E-state index contributed by atoms with van der Waals surface area (Å²) in [6.07, 6.45) is 2.51. The molecule has 170 valence electrons. The maximum Gasteiger partial charge on any atom is 0.265 e. The Kier molecular flexibility index (Phi) is 5.36. The second-order valence-electron chi connectivity index (χ2n) is 8.66. The average molecular weight is 449 g/mol. The van der Waals surface area contributed by atoms with Crippen molar-refractivity contribution < 1.29 is 23.5 Å². The number of hydrogen-bond donors (Lipinski definition) is 2. The quantitative estimate of drug-likeness (QED) is 0.595. The summed E-state index contributed by atoms with van der Waals surface area (Å²) in [5.41, 5.74) is 2.59. The van der Waals surface area contributed by atoms with E-state index in [9.17, 15) is 18.8 Å². The number of ether oxygens (including phenoxy) is 1. The largest absolute Gasteiger partial charge is 0.479 e. The third-order valence-corrected chi connectivity index (χ3v) is 6.48. The van der Waals surface area contributed by atoms with Gasteiger partial charge in [-0.2, -0.15) is 0 Å². The zero-order valence-electron chi connectivity index (χ0n) is 18.2. The number of rotatable bonds is 4. The van der Waals surface area contributed by atoms with E-state index in [1.54, 1.807) is 42.3 Å². The third-order valence-electron chi connectivity index (χ3n) is 6.48. The van der Waals surface area contributed by atoms with Gasteiger partial charge < -0.3 is 19.9 Å². The summed E-state index contributed by atoms with van der Waals surface area (Å²) in [4.78, 5) is 42.6. The molecule has 0 bridgehead atoms. The van der Waals surface area contributed by atoms with Crippen molar-refractivity contribution in [2.24, 2.45) is 5.92 Å². The molecule has 2 aromatic carbocycles. The van der Waals surface area contributed by atoms with Crippen molar-refractivity contribution in [1.82, 2.24) is 9.88 Å². The summed E-state index contributed by atoms with van der Waals surface area (Å²) in [6.45, 7) is 2.66. The lowest BCUT2D eigenvalue weighted by Crippen LogP contribution is -2.41. The van der Waals surface area contributed by atoms with Crippen molar-refractivity contribution in [1.29, 1.82) is 0 Å². The molecule has 0 saturated carbocycles. The minimum Gasteiger partial charge on any atom is -0.479 e. The number of aromatic nitrogens is 1. The van der Waals surface area contributed by atoms with Gasteiger partial charge >= 0.3 is 0 Å². The highest BCUT2D eigenvalue weighted by molar-refractivity contribution is 6.02. The maximum absolute atomic E-state index is 13.6. The van der Waals surface area contributed by atoms with Crippen LogP contribution >= 0.6 is 0 Å². The average Bonchev–Trinajstić information content (AvgIpc) is 3.20. The van der Waals surface area contributed by atoms with E-state index >= 15 is 0 Å². The highest BCUT2D eigenvalue weighted by Crippen LogP contribution is 2.32. The van der Waals surface area contributed by atoms with E-state index < -0.39 is 6.10 Å². The Morgan fingerprint density at radius 2 is 1.94 bits per heavy atom. The Balaban J connectivity index is 1.21. The first kappa shape index (κ1) is 21.2. The molecule has 1 fully saturated rings. The van der Waals surface area contributed by atoms with Crippen LogP contribution in [-0.2, 0) is 16.0 Å². The molecule has 0 radical (unpaired) electrons. The predicted molar refractivity (Wildman–Crippen MR) is 121 cm³/mol. The van der Waals surface area contributed by atoms with Gasteiger partial charge in [-0.05, 0) is 61.7 Å². The lowest BCUT2D eigenvalue weighted by molar-refractivity contribution is -0.131. The molecule has 2 aliphatic rings. The van der Waals surface area contributed by atoms with Crippen LogP contribution in [0.5, 0.6) is 5.75 Å². The maximum atomic E-state index is 13.6. The van der Waals surface area contributed by atoms with Gasteiger partial charge in [0.2, 0.25) is 5.91 Å². The third kappa shape index (κ3) is 4.08. The number of nitrogens with zero attached hydrogens (tertiary/aromatic N) is 1. The van der Waals surface area contributed by atoms with Crippen molar-refractivity contribution in [3.8, 4) is 5.75 Å². The van der Waals surface area contributed by atoms with Crippen molar-refractivity contribution in [3.05, 3.63) is 59.5 Å². The molecule has 2 N–H and O–H groups in total. The van der Waals surface area contributed by atoms with Gasteiger partial charge in [-0.1, -0.05) is 0 Å². The normalized spacial score (nSPS) is 18.5. The first-order valence-electron chi connectivity index (χ1n) is 11.1. The number of halogens is 1. The van der Waals surface area contributed by atoms with Crippen LogP contribution in [0.2, 0.25) is 0 Å². The zero-order valence-corrected chi connectivity index (χ0v) is 18.2. The van der Waals surface area contributed by atoms with Crippen LogP contribution in [0.1, 0.15) is 35.7 Å². The number of hydrogen-bond acceptors (Lipinski definition) is 4. The molecule has 1 aromatic heterocycles. The van der Waals surface area contributed by atoms with Gasteiger partial charge in [-0.15, -0.1) is 0 Å². The molecule has 0 aliphatic carbocycles. The number of Topliss-reactive ketones (excluding diaryl/α,β-unsaturated/α-hetero) is 1. The number of nitrogens with one attached hydrogen (secondary N) is 2. The number of H-pyrrole nitrogens is 1. The molecule has 8 heteroatoms. The van der Waals surface area contributed by atoms with Crippen molar-refractivity contribution in [3.63, 3.8) is 0 Å². The molecule has 2 aliphatic heterocycles. The number of likely N-dealkylation sites (tertiary alicyclic amines) is 1. The Hall–Kier alpha value is -3.68. The van der Waals surface area contributed by atoms with Gasteiger partial charge in [0.05, 0.1) is 12.1 Å². The van der Waals surface area contributed by atoms with E-state index in [-0.39, 0.29) is 35.8 Å². The predicted octanol–water partition coefficient (Wildman–Crippen LogP) is 3.69. The van der Waals surface area contributed by atoms with E-state index in [0.29, 0.717) is 48.3 Å².